The molecule has 2 aromatic rings. The molecule has 3 rings (SSSR count). The fourth-order valence-corrected chi connectivity index (χ4v) is 2.66. The third kappa shape index (κ3) is 3.70. The lowest BCUT2D eigenvalue weighted by Gasteiger charge is -2.12. The molecule has 1 heterocycles. The number of hydrogen-bond acceptors (Lipinski definition) is 6. The van der Waals surface area contributed by atoms with Crippen LogP contribution in [0.25, 0.3) is 6.08 Å². The Morgan fingerprint density at radius 1 is 1.15 bits per heavy atom. The van der Waals surface area contributed by atoms with E-state index in [2.05, 4.69) is 0 Å². The monoisotopic (exact) mass is 386 g/mol. The lowest BCUT2D eigenvalue weighted by Crippen LogP contribution is -2.32. The predicted octanol–water partition coefficient (Wildman–Crippen LogP) is 3.06. The summed E-state index contributed by atoms with van der Waals surface area (Å²) in [6.45, 7) is -0.531. The number of carbonyl (C=O) groups is 3. The van der Waals surface area contributed by atoms with Crippen LogP contribution in [-0.4, -0.2) is 34.3 Å². The van der Waals surface area contributed by atoms with Gasteiger partial charge in [0.05, 0.1) is 16.1 Å². The van der Waals surface area contributed by atoms with E-state index in [1.807, 2.05) is 0 Å². The molecule has 0 unspecified atom stereocenters. The quantitative estimate of drug-likeness (QED) is 0.257. The molecule has 0 radical (unpaired) electrons. The van der Waals surface area contributed by atoms with Gasteiger partial charge in [0.25, 0.3) is 17.5 Å². The fraction of sp³-hybridized carbons (Fsp3) is 0.0556. The maximum absolute atomic E-state index is 12.2. The highest BCUT2D eigenvalue weighted by molar-refractivity contribution is 6.32. The molecule has 2 aromatic carbocycles. The molecule has 0 aromatic heterocycles. The highest BCUT2D eigenvalue weighted by atomic mass is 35.5. The number of nitro groups is 1. The summed E-state index contributed by atoms with van der Waals surface area (Å²) < 4.78 is 4.92. The second kappa shape index (κ2) is 7.38. The van der Waals surface area contributed by atoms with Gasteiger partial charge in [-0.2, -0.15) is 0 Å². The molecule has 0 bridgehead atoms. The van der Waals surface area contributed by atoms with Gasteiger partial charge in [0.2, 0.25) is 0 Å². The number of rotatable bonds is 5. The van der Waals surface area contributed by atoms with Crippen molar-refractivity contribution in [1.29, 1.82) is 0 Å². The molecule has 8 nitrogen and oxygen atoms in total. The van der Waals surface area contributed by atoms with Crippen LogP contribution in [0.4, 0.5) is 5.69 Å². The van der Waals surface area contributed by atoms with Crippen molar-refractivity contribution < 1.29 is 24.0 Å². The van der Waals surface area contributed by atoms with Crippen molar-refractivity contribution >= 4 is 41.1 Å². The molecule has 2 amide bonds. The zero-order chi connectivity index (χ0) is 19.6. The lowest BCUT2D eigenvalue weighted by atomic mass is 10.1. The molecule has 0 spiro atoms. The number of halogens is 1. The number of hydrogen-bond donors (Lipinski definition) is 0. The van der Waals surface area contributed by atoms with Crippen molar-refractivity contribution in [3.05, 3.63) is 80.4 Å². The highest BCUT2D eigenvalue weighted by Crippen LogP contribution is 2.25. The van der Waals surface area contributed by atoms with Gasteiger partial charge in [-0.25, -0.2) is 9.69 Å². The average molecular weight is 387 g/mol. The SMILES string of the molecule is O=C(/C=C/c1ccc(Cl)c([N+](=O)[O-])c1)OCN1C(=O)c2ccccc2C1=O. The number of nitrogens with zero attached hydrogens (tertiary/aromatic N) is 2. The van der Waals surface area contributed by atoms with Crippen LogP contribution in [0, 0.1) is 10.1 Å². The van der Waals surface area contributed by atoms with Crippen molar-refractivity contribution in [3.63, 3.8) is 0 Å². The minimum atomic E-state index is -0.816. The zero-order valence-electron chi connectivity index (χ0n) is 13.6. The molecule has 136 valence electrons. The van der Waals surface area contributed by atoms with Gasteiger partial charge < -0.3 is 4.74 Å². The van der Waals surface area contributed by atoms with Gasteiger partial charge in [-0.3, -0.25) is 19.7 Å². The molecule has 27 heavy (non-hydrogen) atoms. The van der Waals surface area contributed by atoms with Gasteiger partial charge >= 0.3 is 5.97 Å². The van der Waals surface area contributed by atoms with E-state index in [9.17, 15) is 24.5 Å². The summed E-state index contributed by atoms with van der Waals surface area (Å²) in [6, 6.07) is 10.3. The summed E-state index contributed by atoms with van der Waals surface area (Å²) in [5.41, 5.74) is 0.576. The van der Waals surface area contributed by atoms with Crippen LogP contribution in [0.15, 0.2) is 48.5 Å². The van der Waals surface area contributed by atoms with Crippen LogP contribution in [-0.2, 0) is 9.53 Å². The van der Waals surface area contributed by atoms with Crippen LogP contribution in [0.1, 0.15) is 26.3 Å². The van der Waals surface area contributed by atoms with E-state index in [1.54, 1.807) is 12.1 Å². The molecule has 1 aliphatic rings. The van der Waals surface area contributed by atoms with E-state index < -0.39 is 29.4 Å². The molecular formula is C18H11ClN2O6. The number of nitro benzene ring substituents is 1. The molecule has 0 aliphatic carbocycles. The third-order valence-corrected chi connectivity index (χ3v) is 4.11. The number of amides is 2. The Kier molecular flexibility index (Phi) is 5.00. The van der Waals surface area contributed by atoms with Gasteiger partial charge in [0, 0.05) is 12.1 Å². The van der Waals surface area contributed by atoms with Crippen molar-refractivity contribution in [3.8, 4) is 0 Å². The molecule has 0 saturated carbocycles. The summed E-state index contributed by atoms with van der Waals surface area (Å²) in [5, 5.41) is 10.8. The van der Waals surface area contributed by atoms with Crippen molar-refractivity contribution in [2.45, 2.75) is 0 Å². The van der Waals surface area contributed by atoms with E-state index in [4.69, 9.17) is 16.3 Å². The van der Waals surface area contributed by atoms with E-state index in [1.165, 1.54) is 36.4 Å². The lowest BCUT2D eigenvalue weighted by molar-refractivity contribution is -0.384. The van der Waals surface area contributed by atoms with Gasteiger partial charge in [-0.15, -0.1) is 0 Å². The van der Waals surface area contributed by atoms with Gasteiger partial charge in [0.15, 0.2) is 6.73 Å². The molecule has 0 atom stereocenters. The first-order chi connectivity index (χ1) is 12.9. The Hall–Kier alpha value is -3.52. The maximum Gasteiger partial charge on any atom is 0.332 e. The first kappa shape index (κ1) is 18.3. The van der Waals surface area contributed by atoms with Crippen LogP contribution in [0.2, 0.25) is 5.02 Å². The molecule has 9 heteroatoms. The molecule has 0 fully saturated rings. The van der Waals surface area contributed by atoms with Crippen LogP contribution in [0.3, 0.4) is 0 Å². The van der Waals surface area contributed by atoms with Gasteiger partial charge in [0.1, 0.15) is 5.02 Å². The molecule has 0 N–H and O–H groups in total. The smallest absolute Gasteiger partial charge is 0.332 e. The van der Waals surface area contributed by atoms with E-state index in [0.29, 0.717) is 5.56 Å². The van der Waals surface area contributed by atoms with E-state index >= 15 is 0 Å². The summed E-state index contributed by atoms with van der Waals surface area (Å²) in [6.07, 6.45) is 2.33. The Labute approximate surface area is 157 Å². The Balaban J connectivity index is 1.63. The van der Waals surface area contributed by atoms with E-state index in [-0.39, 0.29) is 21.8 Å². The number of imide groups is 1. The highest BCUT2D eigenvalue weighted by Gasteiger charge is 2.35. The Morgan fingerprint density at radius 3 is 2.37 bits per heavy atom. The molecule has 1 aliphatic heterocycles. The third-order valence-electron chi connectivity index (χ3n) is 3.79. The summed E-state index contributed by atoms with van der Waals surface area (Å²) in [5.74, 6) is -1.90. The molecule has 0 saturated heterocycles. The minimum absolute atomic E-state index is 0.0228. The standard InChI is InChI=1S/C18H11ClN2O6/c19-14-7-5-11(9-15(14)21(25)26)6-8-16(22)27-10-20-17(23)12-3-1-2-4-13(12)18(20)24/h1-9H,10H2/b8-6+. The predicted molar refractivity (Wildman–Crippen MR) is 95.0 cm³/mol. The van der Waals surface area contributed by atoms with Crippen molar-refractivity contribution in [1.82, 2.24) is 4.90 Å². The van der Waals surface area contributed by atoms with Crippen molar-refractivity contribution in [2.24, 2.45) is 0 Å². The molecular weight excluding hydrogens is 376 g/mol. The number of ether oxygens (including phenoxy) is 1. The second-order valence-corrected chi connectivity index (χ2v) is 5.88. The normalized spacial score (nSPS) is 13.1. The fourth-order valence-electron chi connectivity index (χ4n) is 2.47. The van der Waals surface area contributed by atoms with Crippen LogP contribution < -0.4 is 0 Å². The first-order valence-corrected chi connectivity index (χ1v) is 8.00. The number of benzene rings is 2. The second-order valence-electron chi connectivity index (χ2n) is 5.48. The maximum atomic E-state index is 12.2. The van der Waals surface area contributed by atoms with Crippen molar-refractivity contribution in [2.75, 3.05) is 6.73 Å². The summed E-state index contributed by atoms with van der Waals surface area (Å²) in [7, 11) is 0. The first-order valence-electron chi connectivity index (χ1n) is 7.62. The summed E-state index contributed by atoms with van der Waals surface area (Å²) in [4.78, 5) is 47.2. The van der Waals surface area contributed by atoms with Crippen LogP contribution in [0.5, 0.6) is 0 Å². The topological polar surface area (TPSA) is 107 Å². The number of esters is 1. The van der Waals surface area contributed by atoms with Gasteiger partial charge in [-0.05, 0) is 29.8 Å². The minimum Gasteiger partial charge on any atom is -0.441 e. The summed E-state index contributed by atoms with van der Waals surface area (Å²) >= 11 is 5.72. The van der Waals surface area contributed by atoms with Crippen LogP contribution >= 0.6 is 11.6 Å². The zero-order valence-corrected chi connectivity index (χ0v) is 14.4. The van der Waals surface area contributed by atoms with Gasteiger partial charge in [-0.1, -0.05) is 29.8 Å². The largest absolute Gasteiger partial charge is 0.441 e. The average Bonchev–Trinajstić information content (AvgIpc) is 2.90. The Morgan fingerprint density at radius 2 is 1.78 bits per heavy atom. The number of carbonyl (C=O) groups excluding carboxylic acids is 3. The Bertz CT molecular complexity index is 966. The van der Waals surface area contributed by atoms with E-state index in [0.717, 1.165) is 11.0 Å². The number of fused-ring (bicyclic) bond motifs is 1.